The molecule has 26 heavy (non-hydrogen) atoms. The van der Waals surface area contributed by atoms with Crippen LogP contribution >= 0.6 is 0 Å². The number of amides is 1. The van der Waals surface area contributed by atoms with Gasteiger partial charge in [-0.15, -0.1) is 0 Å². The van der Waals surface area contributed by atoms with Gasteiger partial charge in [-0.2, -0.15) is 0 Å². The smallest absolute Gasteiger partial charge is 0.251 e. The van der Waals surface area contributed by atoms with E-state index in [1.54, 1.807) is 6.07 Å². The first-order valence-electron chi connectivity index (χ1n) is 9.24. The first kappa shape index (κ1) is 18.5. The van der Waals surface area contributed by atoms with Crippen molar-refractivity contribution in [2.24, 2.45) is 0 Å². The molecule has 0 atom stereocenters. The van der Waals surface area contributed by atoms with Crippen LogP contribution in [0.25, 0.3) is 0 Å². The summed E-state index contributed by atoms with van der Waals surface area (Å²) in [4.78, 5) is 15.0. The van der Waals surface area contributed by atoms with Gasteiger partial charge in [0.2, 0.25) is 0 Å². The number of piperidine rings is 1. The van der Waals surface area contributed by atoms with Crippen molar-refractivity contribution in [3.63, 3.8) is 0 Å². The van der Waals surface area contributed by atoms with E-state index in [9.17, 15) is 4.79 Å². The minimum Gasteiger partial charge on any atom is -0.489 e. The first-order valence-corrected chi connectivity index (χ1v) is 9.24. The number of nitrogens with one attached hydrogen (secondary N) is 1. The van der Waals surface area contributed by atoms with E-state index >= 15 is 0 Å². The standard InChI is InChI=1S/C20H27N3O3/c1-4-23-10-8-17(9-11-23)21-20(24)16-6-5-7-18(12-16)25-13-19-14(2)22-26-15(19)3/h5-7,12,17H,4,8-11,13H2,1-3H3,(H,21,24). The maximum Gasteiger partial charge on any atom is 0.251 e. The Labute approximate surface area is 154 Å². The zero-order valence-electron chi connectivity index (χ0n) is 15.7. The summed E-state index contributed by atoms with van der Waals surface area (Å²) in [6, 6.07) is 7.55. The third-order valence-corrected chi connectivity index (χ3v) is 5.03. The van der Waals surface area contributed by atoms with Crippen LogP contribution in [0.2, 0.25) is 0 Å². The van der Waals surface area contributed by atoms with Crippen LogP contribution in [0.3, 0.4) is 0 Å². The summed E-state index contributed by atoms with van der Waals surface area (Å²) < 4.78 is 11.0. The van der Waals surface area contributed by atoms with E-state index in [4.69, 9.17) is 9.26 Å². The fourth-order valence-corrected chi connectivity index (χ4v) is 3.25. The number of rotatable bonds is 6. The molecule has 1 N–H and O–H groups in total. The number of nitrogens with zero attached hydrogens (tertiary/aromatic N) is 2. The van der Waals surface area contributed by atoms with E-state index in [1.165, 1.54) is 0 Å². The summed E-state index contributed by atoms with van der Waals surface area (Å²) in [7, 11) is 0. The van der Waals surface area contributed by atoms with Gasteiger partial charge in [-0.1, -0.05) is 18.1 Å². The van der Waals surface area contributed by atoms with E-state index in [0.717, 1.165) is 49.5 Å². The molecule has 2 aromatic rings. The van der Waals surface area contributed by atoms with Crippen LogP contribution in [0.1, 0.15) is 47.1 Å². The largest absolute Gasteiger partial charge is 0.489 e. The summed E-state index contributed by atoms with van der Waals surface area (Å²) in [5.41, 5.74) is 2.40. The molecule has 0 bridgehead atoms. The SMILES string of the molecule is CCN1CCC(NC(=O)c2cccc(OCc3c(C)noc3C)c2)CC1. The average molecular weight is 357 g/mol. The zero-order valence-corrected chi connectivity index (χ0v) is 15.7. The summed E-state index contributed by atoms with van der Waals surface area (Å²) in [5.74, 6) is 1.39. The Morgan fingerprint density at radius 1 is 1.35 bits per heavy atom. The number of aryl methyl sites for hydroxylation is 2. The lowest BCUT2D eigenvalue weighted by atomic mass is 10.0. The van der Waals surface area contributed by atoms with E-state index in [0.29, 0.717) is 17.9 Å². The summed E-state index contributed by atoms with van der Waals surface area (Å²) >= 11 is 0. The number of carbonyl (C=O) groups is 1. The van der Waals surface area contributed by atoms with Gasteiger partial charge in [0.25, 0.3) is 5.91 Å². The van der Waals surface area contributed by atoms with Crippen molar-refractivity contribution in [2.75, 3.05) is 19.6 Å². The zero-order chi connectivity index (χ0) is 18.5. The summed E-state index contributed by atoms with van der Waals surface area (Å²) in [6.07, 6.45) is 2.00. The Kier molecular flexibility index (Phi) is 5.93. The Balaban J connectivity index is 1.57. The lowest BCUT2D eigenvalue weighted by molar-refractivity contribution is 0.0912. The van der Waals surface area contributed by atoms with Gasteiger partial charge in [-0.25, -0.2) is 0 Å². The minimum atomic E-state index is -0.0391. The van der Waals surface area contributed by atoms with Crippen LogP contribution in [0.15, 0.2) is 28.8 Å². The molecule has 140 valence electrons. The van der Waals surface area contributed by atoms with Crippen LogP contribution < -0.4 is 10.1 Å². The second kappa shape index (κ2) is 8.36. The Morgan fingerprint density at radius 2 is 2.12 bits per heavy atom. The second-order valence-electron chi connectivity index (χ2n) is 6.80. The van der Waals surface area contributed by atoms with Gasteiger partial charge in [0.05, 0.1) is 11.3 Å². The molecule has 1 aromatic carbocycles. The second-order valence-corrected chi connectivity index (χ2v) is 6.80. The molecule has 6 nitrogen and oxygen atoms in total. The van der Waals surface area contributed by atoms with Crippen LogP contribution in [-0.2, 0) is 6.61 Å². The summed E-state index contributed by atoms with van der Waals surface area (Å²) in [6.45, 7) is 9.47. The first-order chi connectivity index (χ1) is 12.6. The van der Waals surface area contributed by atoms with Crippen molar-refractivity contribution in [3.05, 3.63) is 46.8 Å². The van der Waals surface area contributed by atoms with Crippen molar-refractivity contribution in [1.82, 2.24) is 15.4 Å². The topological polar surface area (TPSA) is 67.6 Å². The molecule has 2 heterocycles. The number of carbonyl (C=O) groups excluding carboxylic acids is 1. The molecule has 1 aliphatic heterocycles. The third kappa shape index (κ3) is 4.43. The normalized spacial score (nSPS) is 15.8. The number of hydrogen-bond donors (Lipinski definition) is 1. The fraction of sp³-hybridized carbons (Fsp3) is 0.500. The number of benzene rings is 1. The monoisotopic (exact) mass is 357 g/mol. The molecule has 6 heteroatoms. The number of hydrogen-bond acceptors (Lipinski definition) is 5. The lowest BCUT2D eigenvalue weighted by Gasteiger charge is -2.31. The van der Waals surface area contributed by atoms with Crippen LogP contribution in [0.4, 0.5) is 0 Å². The van der Waals surface area contributed by atoms with Gasteiger partial charge in [0.1, 0.15) is 18.1 Å². The van der Waals surface area contributed by atoms with E-state index in [2.05, 4.69) is 22.3 Å². The lowest BCUT2D eigenvalue weighted by Crippen LogP contribution is -2.44. The molecule has 0 radical (unpaired) electrons. The molecular formula is C20H27N3O3. The predicted octanol–water partition coefficient (Wildman–Crippen LogP) is 3.08. The Morgan fingerprint density at radius 3 is 2.77 bits per heavy atom. The molecule has 0 unspecified atom stereocenters. The number of aromatic nitrogens is 1. The number of likely N-dealkylation sites (tertiary alicyclic amines) is 1. The van der Waals surface area contributed by atoms with Gasteiger partial charge < -0.3 is 19.5 Å². The Bertz CT molecular complexity index is 729. The molecule has 0 saturated carbocycles. The van der Waals surface area contributed by atoms with Gasteiger partial charge in [-0.05, 0) is 51.4 Å². The maximum atomic E-state index is 12.6. The van der Waals surface area contributed by atoms with Crippen molar-refractivity contribution in [2.45, 2.75) is 46.3 Å². The van der Waals surface area contributed by atoms with Crippen molar-refractivity contribution < 1.29 is 14.1 Å². The van der Waals surface area contributed by atoms with Gasteiger partial charge in [0.15, 0.2) is 0 Å². The predicted molar refractivity (Wildman–Crippen MR) is 99.4 cm³/mol. The minimum absolute atomic E-state index is 0.0391. The van der Waals surface area contributed by atoms with Crippen molar-refractivity contribution in [3.8, 4) is 5.75 Å². The molecule has 0 spiro atoms. The molecule has 1 fully saturated rings. The van der Waals surface area contributed by atoms with Crippen LogP contribution in [0.5, 0.6) is 5.75 Å². The molecule has 1 aromatic heterocycles. The van der Waals surface area contributed by atoms with E-state index in [1.807, 2.05) is 32.0 Å². The third-order valence-electron chi connectivity index (χ3n) is 5.03. The fourth-order valence-electron chi connectivity index (χ4n) is 3.25. The highest BCUT2D eigenvalue weighted by atomic mass is 16.5. The van der Waals surface area contributed by atoms with Gasteiger partial charge >= 0.3 is 0 Å². The van der Waals surface area contributed by atoms with Crippen molar-refractivity contribution in [1.29, 1.82) is 0 Å². The highest BCUT2D eigenvalue weighted by molar-refractivity contribution is 5.94. The van der Waals surface area contributed by atoms with Gasteiger partial charge in [-0.3, -0.25) is 4.79 Å². The van der Waals surface area contributed by atoms with Crippen LogP contribution in [0, 0.1) is 13.8 Å². The molecule has 1 amide bonds. The van der Waals surface area contributed by atoms with E-state index < -0.39 is 0 Å². The molecule has 0 aliphatic carbocycles. The van der Waals surface area contributed by atoms with Crippen LogP contribution in [-0.4, -0.2) is 41.6 Å². The molecule has 1 aliphatic rings. The highest BCUT2D eigenvalue weighted by Gasteiger charge is 2.20. The van der Waals surface area contributed by atoms with Crippen molar-refractivity contribution >= 4 is 5.91 Å². The molecule has 1 saturated heterocycles. The Hall–Kier alpha value is -2.34. The molecular weight excluding hydrogens is 330 g/mol. The highest BCUT2D eigenvalue weighted by Crippen LogP contribution is 2.19. The molecule has 3 rings (SSSR count). The quantitative estimate of drug-likeness (QED) is 0.860. The van der Waals surface area contributed by atoms with Gasteiger partial charge in [0, 0.05) is 24.7 Å². The summed E-state index contributed by atoms with van der Waals surface area (Å²) in [5, 5.41) is 7.08. The number of ether oxygens (including phenoxy) is 1. The van der Waals surface area contributed by atoms with E-state index in [-0.39, 0.29) is 11.9 Å². The maximum absolute atomic E-state index is 12.6. The average Bonchev–Trinajstić information content (AvgIpc) is 2.98.